The molecule has 6 heteroatoms. The van der Waals surface area contributed by atoms with E-state index in [-0.39, 0.29) is 11.8 Å². The van der Waals surface area contributed by atoms with Gasteiger partial charge < -0.3 is 10.1 Å². The Balaban J connectivity index is 1.41. The number of benzene rings is 2. The second-order valence-corrected chi connectivity index (χ2v) is 7.31. The standard InChI is InChI=1S/C22H25N3O3/c1-16(26)25-20-5-3-2-4-18(20)14-21(25)22(27)23-19-8-6-17(7-9-19)15-24-10-12-28-13-11-24/h2-9,21H,10-15H2,1H3,(H,23,27). The highest BCUT2D eigenvalue weighted by atomic mass is 16.5. The molecule has 2 aromatic rings. The molecule has 2 heterocycles. The van der Waals surface area contributed by atoms with Crippen LogP contribution in [0.25, 0.3) is 0 Å². The Morgan fingerprint density at radius 1 is 1.07 bits per heavy atom. The number of hydrogen-bond donors (Lipinski definition) is 1. The first-order chi connectivity index (χ1) is 13.6. The molecule has 2 aliphatic rings. The number of anilines is 2. The first-order valence-corrected chi connectivity index (χ1v) is 9.69. The van der Waals surface area contributed by atoms with Gasteiger partial charge in [0, 0.05) is 44.4 Å². The smallest absolute Gasteiger partial charge is 0.247 e. The Morgan fingerprint density at radius 2 is 1.79 bits per heavy atom. The number of ether oxygens (including phenoxy) is 1. The van der Waals surface area contributed by atoms with E-state index in [9.17, 15) is 9.59 Å². The average Bonchev–Trinajstić information content (AvgIpc) is 3.10. The van der Waals surface area contributed by atoms with Crippen LogP contribution in [0.15, 0.2) is 48.5 Å². The molecule has 1 saturated heterocycles. The molecule has 0 aromatic heterocycles. The van der Waals surface area contributed by atoms with Crippen LogP contribution in [0.3, 0.4) is 0 Å². The fourth-order valence-corrected chi connectivity index (χ4v) is 3.92. The van der Waals surface area contributed by atoms with Crippen molar-refractivity contribution < 1.29 is 14.3 Å². The largest absolute Gasteiger partial charge is 0.379 e. The van der Waals surface area contributed by atoms with Crippen molar-refractivity contribution >= 4 is 23.2 Å². The number of para-hydroxylation sites is 1. The van der Waals surface area contributed by atoms with Crippen LogP contribution < -0.4 is 10.2 Å². The molecule has 2 aliphatic heterocycles. The summed E-state index contributed by atoms with van der Waals surface area (Å²) in [6, 6.07) is 15.1. The van der Waals surface area contributed by atoms with Gasteiger partial charge >= 0.3 is 0 Å². The van der Waals surface area contributed by atoms with Crippen molar-refractivity contribution in [3.05, 3.63) is 59.7 Å². The number of carbonyl (C=O) groups is 2. The van der Waals surface area contributed by atoms with Crippen LogP contribution in [0.5, 0.6) is 0 Å². The predicted octanol–water partition coefficient (Wildman–Crippen LogP) is 2.44. The Hall–Kier alpha value is -2.70. The third kappa shape index (κ3) is 3.93. The quantitative estimate of drug-likeness (QED) is 0.886. The molecule has 146 valence electrons. The van der Waals surface area contributed by atoms with Crippen LogP contribution in [0.4, 0.5) is 11.4 Å². The van der Waals surface area contributed by atoms with Gasteiger partial charge in [-0.1, -0.05) is 30.3 Å². The number of nitrogens with zero attached hydrogens (tertiary/aromatic N) is 2. The second-order valence-electron chi connectivity index (χ2n) is 7.31. The Kier molecular flexibility index (Phi) is 5.41. The van der Waals surface area contributed by atoms with Gasteiger partial charge in [0.25, 0.3) is 0 Å². The minimum Gasteiger partial charge on any atom is -0.379 e. The lowest BCUT2D eigenvalue weighted by molar-refractivity contribution is -0.122. The van der Waals surface area contributed by atoms with Gasteiger partial charge in [0.05, 0.1) is 13.2 Å². The van der Waals surface area contributed by atoms with Crippen LogP contribution in [0, 0.1) is 0 Å². The zero-order chi connectivity index (χ0) is 19.5. The first kappa shape index (κ1) is 18.7. The van der Waals surface area contributed by atoms with Crippen LogP contribution >= 0.6 is 0 Å². The minimum atomic E-state index is -0.511. The molecule has 1 unspecified atom stereocenters. The predicted molar refractivity (Wildman–Crippen MR) is 108 cm³/mol. The third-order valence-corrected chi connectivity index (χ3v) is 5.35. The van der Waals surface area contributed by atoms with E-state index in [2.05, 4.69) is 10.2 Å². The summed E-state index contributed by atoms with van der Waals surface area (Å²) in [5.74, 6) is -0.279. The van der Waals surface area contributed by atoms with E-state index >= 15 is 0 Å². The monoisotopic (exact) mass is 379 g/mol. The summed E-state index contributed by atoms with van der Waals surface area (Å²) in [7, 11) is 0. The summed E-state index contributed by atoms with van der Waals surface area (Å²) in [6.45, 7) is 5.84. The number of morpholine rings is 1. The van der Waals surface area contributed by atoms with E-state index in [4.69, 9.17) is 4.74 Å². The average molecular weight is 379 g/mol. The lowest BCUT2D eigenvalue weighted by atomic mass is 10.1. The number of fused-ring (bicyclic) bond motifs is 1. The van der Waals surface area contributed by atoms with Crippen molar-refractivity contribution in [2.45, 2.75) is 25.9 Å². The second kappa shape index (κ2) is 8.12. The number of amides is 2. The van der Waals surface area contributed by atoms with Gasteiger partial charge in [-0.15, -0.1) is 0 Å². The zero-order valence-corrected chi connectivity index (χ0v) is 16.1. The molecule has 1 fully saturated rings. The van der Waals surface area contributed by atoms with E-state index in [1.54, 1.807) is 4.90 Å². The van der Waals surface area contributed by atoms with E-state index < -0.39 is 6.04 Å². The maximum Gasteiger partial charge on any atom is 0.247 e. The van der Waals surface area contributed by atoms with Crippen molar-refractivity contribution in [1.29, 1.82) is 0 Å². The topological polar surface area (TPSA) is 61.9 Å². The number of hydrogen-bond acceptors (Lipinski definition) is 4. The maximum absolute atomic E-state index is 12.9. The molecule has 0 saturated carbocycles. The molecule has 6 nitrogen and oxygen atoms in total. The van der Waals surface area contributed by atoms with Crippen molar-refractivity contribution in [2.75, 3.05) is 36.5 Å². The molecule has 2 amide bonds. The normalized spacial score (nSPS) is 19.3. The summed E-state index contributed by atoms with van der Waals surface area (Å²) in [5, 5.41) is 2.97. The molecule has 1 atom stereocenters. The lowest BCUT2D eigenvalue weighted by Crippen LogP contribution is -2.44. The van der Waals surface area contributed by atoms with Crippen LogP contribution in [-0.2, 0) is 27.3 Å². The van der Waals surface area contributed by atoms with E-state index in [1.807, 2.05) is 48.5 Å². The maximum atomic E-state index is 12.9. The van der Waals surface area contributed by atoms with Gasteiger partial charge in [0.1, 0.15) is 6.04 Å². The van der Waals surface area contributed by atoms with Gasteiger partial charge in [0.15, 0.2) is 0 Å². The summed E-state index contributed by atoms with van der Waals surface area (Å²) in [6.07, 6.45) is 0.538. The zero-order valence-electron chi connectivity index (χ0n) is 16.1. The number of rotatable bonds is 4. The molecule has 28 heavy (non-hydrogen) atoms. The van der Waals surface area contributed by atoms with Gasteiger partial charge in [0.2, 0.25) is 11.8 Å². The van der Waals surface area contributed by atoms with Crippen molar-refractivity contribution in [3.8, 4) is 0 Å². The third-order valence-electron chi connectivity index (χ3n) is 5.35. The SMILES string of the molecule is CC(=O)N1c2ccccc2CC1C(=O)Nc1ccc(CN2CCOCC2)cc1. The molecule has 1 N–H and O–H groups in total. The van der Waals surface area contributed by atoms with Gasteiger partial charge in [-0.05, 0) is 29.3 Å². The fraction of sp³-hybridized carbons (Fsp3) is 0.364. The molecule has 4 rings (SSSR count). The molecule has 0 radical (unpaired) electrons. The Bertz CT molecular complexity index is 860. The van der Waals surface area contributed by atoms with E-state index in [0.717, 1.165) is 49.8 Å². The molecular formula is C22H25N3O3. The molecule has 0 aliphatic carbocycles. The highest BCUT2D eigenvalue weighted by Crippen LogP contribution is 2.32. The van der Waals surface area contributed by atoms with Crippen molar-refractivity contribution in [3.63, 3.8) is 0 Å². The van der Waals surface area contributed by atoms with E-state index in [1.165, 1.54) is 12.5 Å². The summed E-state index contributed by atoms with van der Waals surface area (Å²) < 4.78 is 5.38. The first-order valence-electron chi connectivity index (χ1n) is 9.69. The fourth-order valence-electron chi connectivity index (χ4n) is 3.92. The van der Waals surface area contributed by atoms with Crippen molar-refractivity contribution in [2.24, 2.45) is 0 Å². The van der Waals surface area contributed by atoms with Gasteiger partial charge in [-0.25, -0.2) is 0 Å². The van der Waals surface area contributed by atoms with Gasteiger partial charge in [-0.2, -0.15) is 0 Å². The molecule has 0 bridgehead atoms. The van der Waals surface area contributed by atoms with Crippen LogP contribution in [-0.4, -0.2) is 49.1 Å². The highest BCUT2D eigenvalue weighted by molar-refractivity contribution is 6.06. The summed E-state index contributed by atoms with van der Waals surface area (Å²) >= 11 is 0. The summed E-state index contributed by atoms with van der Waals surface area (Å²) in [4.78, 5) is 29.0. The molecular weight excluding hydrogens is 354 g/mol. The number of carbonyl (C=O) groups excluding carboxylic acids is 2. The van der Waals surface area contributed by atoms with Crippen LogP contribution in [0.1, 0.15) is 18.1 Å². The lowest BCUT2D eigenvalue weighted by Gasteiger charge is -2.26. The minimum absolute atomic E-state index is 0.119. The molecule has 2 aromatic carbocycles. The van der Waals surface area contributed by atoms with Crippen molar-refractivity contribution in [1.82, 2.24) is 4.90 Å². The van der Waals surface area contributed by atoms with E-state index in [0.29, 0.717) is 6.42 Å². The van der Waals surface area contributed by atoms with Gasteiger partial charge in [-0.3, -0.25) is 19.4 Å². The Morgan fingerprint density at radius 3 is 2.50 bits per heavy atom. The summed E-state index contributed by atoms with van der Waals surface area (Å²) in [5.41, 5.74) is 3.81. The highest BCUT2D eigenvalue weighted by Gasteiger charge is 2.36. The molecule has 0 spiro atoms. The van der Waals surface area contributed by atoms with Crippen LogP contribution in [0.2, 0.25) is 0 Å². The number of nitrogens with one attached hydrogen (secondary N) is 1. The Labute approximate surface area is 165 Å².